The summed E-state index contributed by atoms with van der Waals surface area (Å²) in [6.45, 7) is 0.682. The molecule has 0 unspecified atom stereocenters. The standard InChI is InChI=1S/C22H19Cl3N4O4S2/c23-13-4-15(25)16(5-14(13)24)34-10-17(30)27-18-20(31)29-19(22(32)33)12(9-35-21(18)29)8-28-3-1-2-11(6-26)7-28/h1-5,7,18,21H,6,8-10,26H2,(H-,27,30,32,33)/p+1/t18-,21+/m0/s1. The maximum Gasteiger partial charge on any atom is 0.352 e. The van der Waals surface area contributed by atoms with E-state index < -0.39 is 23.3 Å². The van der Waals surface area contributed by atoms with Crippen LogP contribution in [0.4, 0.5) is 0 Å². The van der Waals surface area contributed by atoms with Crippen molar-refractivity contribution in [2.24, 2.45) is 5.73 Å². The van der Waals surface area contributed by atoms with Gasteiger partial charge in [-0.1, -0.05) is 34.8 Å². The van der Waals surface area contributed by atoms with E-state index >= 15 is 0 Å². The summed E-state index contributed by atoms with van der Waals surface area (Å²) in [6, 6.07) is 5.99. The Morgan fingerprint density at radius 3 is 2.71 bits per heavy atom. The van der Waals surface area contributed by atoms with Crippen LogP contribution in [0.2, 0.25) is 15.1 Å². The largest absolute Gasteiger partial charge is 0.477 e. The maximum absolute atomic E-state index is 12.9. The minimum Gasteiger partial charge on any atom is -0.477 e. The molecule has 1 aromatic carbocycles. The van der Waals surface area contributed by atoms with Gasteiger partial charge < -0.3 is 16.2 Å². The number of hydrogen-bond acceptors (Lipinski definition) is 6. The number of carbonyl (C=O) groups is 3. The minimum atomic E-state index is -1.18. The molecule has 1 fully saturated rings. The van der Waals surface area contributed by atoms with Crippen molar-refractivity contribution in [3.63, 3.8) is 0 Å². The second kappa shape index (κ2) is 11.0. The van der Waals surface area contributed by atoms with E-state index in [1.165, 1.54) is 22.7 Å². The number of benzene rings is 1. The molecule has 0 radical (unpaired) electrons. The Morgan fingerprint density at radius 2 is 2.00 bits per heavy atom. The summed E-state index contributed by atoms with van der Waals surface area (Å²) >= 11 is 20.7. The Morgan fingerprint density at radius 1 is 1.26 bits per heavy atom. The molecule has 13 heteroatoms. The van der Waals surface area contributed by atoms with E-state index in [0.29, 0.717) is 44.4 Å². The van der Waals surface area contributed by atoms with E-state index in [-0.39, 0.29) is 17.4 Å². The number of halogens is 3. The van der Waals surface area contributed by atoms with Crippen molar-refractivity contribution >= 4 is 76.1 Å². The van der Waals surface area contributed by atoms with E-state index in [9.17, 15) is 19.5 Å². The van der Waals surface area contributed by atoms with Crippen LogP contribution in [0.1, 0.15) is 5.56 Å². The van der Waals surface area contributed by atoms with E-state index in [1.807, 2.05) is 29.1 Å². The van der Waals surface area contributed by atoms with Crippen molar-refractivity contribution in [2.45, 2.75) is 29.4 Å². The monoisotopic (exact) mass is 573 g/mol. The average Bonchev–Trinajstić information content (AvgIpc) is 2.83. The summed E-state index contributed by atoms with van der Waals surface area (Å²) in [5.41, 5.74) is 7.18. The quantitative estimate of drug-likeness (QED) is 0.192. The van der Waals surface area contributed by atoms with E-state index in [4.69, 9.17) is 40.5 Å². The smallest absolute Gasteiger partial charge is 0.352 e. The van der Waals surface area contributed by atoms with Gasteiger partial charge in [0.05, 0.1) is 20.8 Å². The van der Waals surface area contributed by atoms with Crippen LogP contribution in [0.5, 0.6) is 0 Å². The molecule has 4 rings (SSSR count). The topological polar surface area (TPSA) is 117 Å². The van der Waals surface area contributed by atoms with Crippen molar-refractivity contribution in [1.82, 2.24) is 10.2 Å². The zero-order valence-corrected chi connectivity index (χ0v) is 21.9. The lowest BCUT2D eigenvalue weighted by Crippen LogP contribution is -2.71. The molecule has 184 valence electrons. The predicted octanol–water partition coefficient (Wildman–Crippen LogP) is 2.92. The van der Waals surface area contributed by atoms with Crippen LogP contribution < -0.4 is 15.6 Å². The van der Waals surface area contributed by atoms with Gasteiger partial charge in [0.25, 0.3) is 5.91 Å². The van der Waals surface area contributed by atoms with Gasteiger partial charge in [-0.05, 0) is 18.2 Å². The average molecular weight is 575 g/mol. The Labute approximate surface area is 224 Å². The van der Waals surface area contributed by atoms with Crippen molar-refractivity contribution < 1.29 is 24.1 Å². The van der Waals surface area contributed by atoms with Crippen LogP contribution in [0, 0.1) is 0 Å². The minimum absolute atomic E-state index is 0.000151. The fourth-order valence-electron chi connectivity index (χ4n) is 3.79. The van der Waals surface area contributed by atoms with Gasteiger partial charge in [-0.25, -0.2) is 9.36 Å². The number of nitrogens with one attached hydrogen (secondary N) is 1. The molecule has 0 saturated carbocycles. The van der Waals surface area contributed by atoms with Gasteiger partial charge in [-0.3, -0.25) is 14.5 Å². The van der Waals surface area contributed by atoms with Crippen LogP contribution in [-0.2, 0) is 27.5 Å². The summed E-state index contributed by atoms with van der Waals surface area (Å²) in [6.07, 6.45) is 3.67. The fourth-order valence-corrected chi connectivity index (χ4v) is 6.67. The van der Waals surface area contributed by atoms with Gasteiger partial charge in [-0.2, -0.15) is 0 Å². The number of nitrogens with zero attached hydrogens (tertiary/aromatic N) is 2. The lowest BCUT2D eigenvalue weighted by Gasteiger charge is -2.49. The van der Waals surface area contributed by atoms with E-state index in [2.05, 4.69) is 5.32 Å². The van der Waals surface area contributed by atoms with Gasteiger partial charge in [0.2, 0.25) is 5.91 Å². The molecule has 0 bridgehead atoms. The number of carboxylic acids is 1. The van der Waals surface area contributed by atoms with Crippen molar-refractivity contribution in [3.05, 3.63) is 68.6 Å². The highest BCUT2D eigenvalue weighted by Gasteiger charge is 2.54. The van der Waals surface area contributed by atoms with Crippen molar-refractivity contribution in [3.8, 4) is 0 Å². The van der Waals surface area contributed by atoms with Crippen LogP contribution in [0.25, 0.3) is 0 Å². The molecule has 2 aromatic rings. The van der Waals surface area contributed by atoms with Gasteiger partial charge in [0, 0.05) is 34.4 Å². The molecule has 4 N–H and O–H groups in total. The SMILES string of the molecule is NCc1ccc[n+](CC2=C(C(=O)O)N3C(=O)[C@H](NC(=O)CSc4cc(Cl)c(Cl)cc4Cl)[C@H]3SC2)c1. The second-order valence-electron chi connectivity index (χ2n) is 7.79. The van der Waals surface area contributed by atoms with Crippen LogP contribution >= 0.6 is 58.3 Å². The number of aromatic nitrogens is 1. The Balaban J connectivity index is 1.42. The molecule has 1 aromatic heterocycles. The molecular formula is C22H20Cl3N4O4S2+. The molecule has 0 aliphatic carbocycles. The van der Waals surface area contributed by atoms with Gasteiger partial charge in [0.15, 0.2) is 18.9 Å². The van der Waals surface area contributed by atoms with Crippen LogP contribution in [-0.4, -0.2) is 50.7 Å². The number of rotatable bonds is 8. The highest BCUT2D eigenvalue weighted by molar-refractivity contribution is 8.00. The fraction of sp³-hybridized carbons (Fsp3) is 0.273. The maximum atomic E-state index is 12.9. The highest BCUT2D eigenvalue weighted by Crippen LogP contribution is 2.40. The molecule has 2 aliphatic rings. The molecule has 35 heavy (non-hydrogen) atoms. The predicted molar refractivity (Wildman–Crippen MR) is 136 cm³/mol. The third-order valence-electron chi connectivity index (χ3n) is 5.43. The molecule has 2 aliphatic heterocycles. The third-order valence-corrected chi connectivity index (χ3v) is 8.97. The molecule has 1 saturated heterocycles. The Hall–Kier alpha value is -1.95. The Bertz CT molecular complexity index is 1240. The number of carboxylic acid groups (broad SMARTS) is 1. The second-order valence-corrected chi connectivity index (χ2v) is 11.1. The zero-order valence-electron chi connectivity index (χ0n) is 18.0. The van der Waals surface area contributed by atoms with E-state index in [1.54, 1.807) is 6.07 Å². The third kappa shape index (κ3) is 5.58. The van der Waals surface area contributed by atoms with Gasteiger partial charge in [0.1, 0.15) is 17.1 Å². The summed E-state index contributed by atoms with van der Waals surface area (Å²) in [7, 11) is 0. The summed E-state index contributed by atoms with van der Waals surface area (Å²) in [4.78, 5) is 39.3. The molecule has 2 atom stereocenters. The summed E-state index contributed by atoms with van der Waals surface area (Å²) < 4.78 is 1.84. The molecule has 2 amide bonds. The van der Waals surface area contributed by atoms with Crippen LogP contribution in [0.15, 0.2) is 52.8 Å². The first-order valence-electron chi connectivity index (χ1n) is 10.3. The number of fused-ring (bicyclic) bond motifs is 1. The van der Waals surface area contributed by atoms with Crippen molar-refractivity contribution in [1.29, 1.82) is 0 Å². The normalized spacial score (nSPS) is 19.3. The molecule has 3 heterocycles. The molecular weight excluding hydrogens is 555 g/mol. The molecule has 8 nitrogen and oxygen atoms in total. The summed E-state index contributed by atoms with van der Waals surface area (Å²) in [5.74, 6) is -1.60. The summed E-state index contributed by atoms with van der Waals surface area (Å²) in [5, 5.41) is 13.1. The number of carbonyl (C=O) groups excluding carboxylic acids is 2. The van der Waals surface area contributed by atoms with Crippen LogP contribution in [0.3, 0.4) is 0 Å². The first kappa shape index (κ1) is 26.1. The molecule has 0 spiro atoms. The van der Waals surface area contributed by atoms with E-state index in [0.717, 1.165) is 17.3 Å². The number of thioether (sulfide) groups is 2. The number of pyridine rings is 1. The first-order valence-corrected chi connectivity index (χ1v) is 13.5. The lowest BCUT2D eigenvalue weighted by atomic mass is 10.0. The van der Waals surface area contributed by atoms with Crippen molar-refractivity contribution in [2.75, 3.05) is 11.5 Å². The highest BCUT2D eigenvalue weighted by atomic mass is 35.5. The Kier molecular flexibility index (Phi) is 8.19. The number of aliphatic carboxylic acids is 1. The first-order chi connectivity index (χ1) is 16.7. The number of hydrogen-bond donors (Lipinski definition) is 3. The zero-order chi connectivity index (χ0) is 25.3. The van der Waals surface area contributed by atoms with Gasteiger partial charge in [-0.15, -0.1) is 23.5 Å². The number of nitrogens with two attached hydrogens (primary N) is 1. The number of amides is 2. The number of β-lactam (4-membered cyclic amide) rings is 1. The van der Waals surface area contributed by atoms with Gasteiger partial charge >= 0.3 is 5.97 Å². The lowest BCUT2D eigenvalue weighted by molar-refractivity contribution is -0.689.